The molecule has 4 aromatic heterocycles. The van der Waals surface area contributed by atoms with Crippen molar-refractivity contribution in [3.8, 4) is 11.4 Å². The highest BCUT2D eigenvalue weighted by Crippen LogP contribution is 2.34. The Hall–Kier alpha value is -4.23. The minimum atomic E-state index is -3.71. The van der Waals surface area contributed by atoms with Gasteiger partial charge in [-0.1, -0.05) is 18.0 Å². The SMILES string of the molecule is Cn1cc(S(=O)(=O)CCCCCC(=O)O)cc1-c1c2c(=O)n(C)c(=O)n(CC3CC3)c2nn1Cc1ccnc2ccc(Cl)cc12. The van der Waals surface area contributed by atoms with Gasteiger partial charge in [-0.2, -0.15) is 5.10 Å². The van der Waals surface area contributed by atoms with E-state index in [4.69, 9.17) is 21.8 Å². The van der Waals surface area contributed by atoms with Crippen molar-refractivity contribution < 1.29 is 18.3 Å². The molecule has 0 aliphatic heterocycles. The molecule has 12 nitrogen and oxygen atoms in total. The van der Waals surface area contributed by atoms with E-state index in [-0.39, 0.29) is 34.6 Å². The summed E-state index contributed by atoms with van der Waals surface area (Å²) in [5, 5.41) is 15.3. The largest absolute Gasteiger partial charge is 0.481 e. The van der Waals surface area contributed by atoms with Crippen LogP contribution in [0.3, 0.4) is 0 Å². The van der Waals surface area contributed by atoms with Crippen LogP contribution < -0.4 is 11.2 Å². The fourth-order valence-corrected chi connectivity index (χ4v) is 7.34. The summed E-state index contributed by atoms with van der Waals surface area (Å²) in [7, 11) is -0.565. The molecule has 236 valence electrons. The minimum Gasteiger partial charge on any atom is -0.481 e. The van der Waals surface area contributed by atoms with Gasteiger partial charge in [0.15, 0.2) is 15.5 Å². The number of aliphatic carboxylic acids is 1. The summed E-state index contributed by atoms with van der Waals surface area (Å²) in [5.74, 6) is -0.723. The van der Waals surface area contributed by atoms with Crippen LogP contribution in [0.5, 0.6) is 0 Å². The molecule has 1 aromatic carbocycles. The predicted molar refractivity (Wildman–Crippen MR) is 170 cm³/mol. The van der Waals surface area contributed by atoms with Crippen LogP contribution in [0.15, 0.2) is 57.2 Å². The summed E-state index contributed by atoms with van der Waals surface area (Å²) in [6.07, 6.45) is 6.36. The Bertz CT molecular complexity index is 2190. The molecule has 45 heavy (non-hydrogen) atoms. The second-order valence-electron chi connectivity index (χ2n) is 11.7. The lowest BCUT2D eigenvalue weighted by Gasteiger charge is -2.11. The first kappa shape index (κ1) is 30.8. The first-order valence-corrected chi connectivity index (χ1v) is 16.8. The highest BCUT2D eigenvalue weighted by molar-refractivity contribution is 7.91. The first-order valence-electron chi connectivity index (χ1n) is 14.8. The van der Waals surface area contributed by atoms with Crippen molar-refractivity contribution >= 4 is 49.3 Å². The zero-order valence-electron chi connectivity index (χ0n) is 24.9. The standard InChI is InChI=1S/C31H33ClN6O6S/c1-35-18-22(45(43,44)13-5-3-4-6-26(39)40)15-25(35)28-27-29(37(16-19-7-8-19)31(42)36(2)30(27)41)34-38(28)17-20-11-12-33-24-10-9-21(32)14-23(20)24/h9-12,14-15,18-19H,3-8,13,16-17H2,1-2H3,(H,39,40). The molecular weight excluding hydrogens is 620 g/mol. The lowest BCUT2D eigenvalue weighted by atomic mass is 10.1. The van der Waals surface area contributed by atoms with Crippen LogP contribution in [-0.2, 0) is 41.8 Å². The lowest BCUT2D eigenvalue weighted by molar-refractivity contribution is -0.137. The number of rotatable bonds is 12. The molecule has 0 bridgehead atoms. The van der Waals surface area contributed by atoms with Gasteiger partial charge in [0.25, 0.3) is 5.56 Å². The Labute approximate surface area is 263 Å². The van der Waals surface area contributed by atoms with Gasteiger partial charge in [-0.3, -0.25) is 28.4 Å². The van der Waals surface area contributed by atoms with Crippen LogP contribution in [-0.4, -0.2) is 53.7 Å². The quantitative estimate of drug-likeness (QED) is 0.199. The highest BCUT2D eigenvalue weighted by Gasteiger charge is 2.29. The molecule has 0 amide bonds. The van der Waals surface area contributed by atoms with E-state index in [2.05, 4.69) is 4.98 Å². The van der Waals surface area contributed by atoms with Crippen molar-refractivity contribution in [2.75, 3.05) is 5.75 Å². The molecule has 1 aliphatic rings. The summed E-state index contributed by atoms with van der Waals surface area (Å²) in [6, 6.07) is 8.77. The molecule has 0 spiro atoms. The van der Waals surface area contributed by atoms with Crippen LogP contribution in [0.25, 0.3) is 33.3 Å². The third-order valence-electron chi connectivity index (χ3n) is 8.36. The molecule has 1 N–H and O–H groups in total. The average molecular weight is 653 g/mol. The number of halogens is 1. The molecule has 1 aliphatic carbocycles. The molecule has 14 heteroatoms. The smallest absolute Gasteiger partial charge is 0.332 e. The Morgan fingerprint density at radius 2 is 1.87 bits per heavy atom. The summed E-state index contributed by atoms with van der Waals surface area (Å²) in [6.45, 7) is 0.628. The van der Waals surface area contributed by atoms with Crippen LogP contribution in [0.4, 0.5) is 0 Å². The number of unbranched alkanes of at least 4 members (excludes halogenated alkanes) is 2. The maximum Gasteiger partial charge on any atom is 0.332 e. The number of hydrogen-bond donors (Lipinski definition) is 1. The topological polar surface area (TPSA) is 151 Å². The number of carboxylic acid groups (broad SMARTS) is 1. The van der Waals surface area contributed by atoms with E-state index in [0.717, 1.165) is 33.9 Å². The number of pyridine rings is 1. The number of carbonyl (C=O) groups is 1. The third-order valence-corrected chi connectivity index (χ3v) is 10.4. The molecule has 6 rings (SSSR count). The third kappa shape index (κ3) is 6.06. The maximum atomic E-state index is 13.8. The molecular formula is C31H33ClN6O6S. The molecule has 5 aromatic rings. The number of fused-ring (bicyclic) bond motifs is 2. The van der Waals surface area contributed by atoms with Gasteiger partial charge in [0, 0.05) is 49.9 Å². The molecule has 4 heterocycles. The second-order valence-corrected chi connectivity index (χ2v) is 14.3. The van der Waals surface area contributed by atoms with Gasteiger partial charge in [0.2, 0.25) is 0 Å². The van der Waals surface area contributed by atoms with E-state index in [1.165, 1.54) is 19.3 Å². The van der Waals surface area contributed by atoms with Gasteiger partial charge in [0.1, 0.15) is 11.1 Å². The Morgan fingerprint density at radius 3 is 2.60 bits per heavy atom. The van der Waals surface area contributed by atoms with Crippen LogP contribution in [0.1, 0.15) is 44.1 Å². The second kappa shape index (κ2) is 11.9. The van der Waals surface area contributed by atoms with Crippen molar-refractivity contribution in [2.45, 2.75) is 56.5 Å². The number of sulfone groups is 1. The molecule has 0 unspecified atom stereocenters. The van der Waals surface area contributed by atoms with Crippen LogP contribution in [0, 0.1) is 5.92 Å². The molecule has 1 saturated carbocycles. The van der Waals surface area contributed by atoms with Gasteiger partial charge >= 0.3 is 11.7 Å². The van der Waals surface area contributed by atoms with Crippen molar-refractivity contribution in [3.05, 3.63) is 74.1 Å². The summed E-state index contributed by atoms with van der Waals surface area (Å²) in [5.41, 5.74) is 1.69. The van der Waals surface area contributed by atoms with E-state index < -0.39 is 27.1 Å². The lowest BCUT2D eigenvalue weighted by Crippen LogP contribution is -2.38. The number of carboxylic acids is 1. The summed E-state index contributed by atoms with van der Waals surface area (Å²) >= 11 is 6.33. The Kier molecular flexibility index (Phi) is 8.16. The Balaban J connectivity index is 1.50. The van der Waals surface area contributed by atoms with Gasteiger partial charge < -0.3 is 9.67 Å². The highest BCUT2D eigenvalue weighted by atomic mass is 35.5. The van der Waals surface area contributed by atoms with E-state index in [1.54, 1.807) is 33.1 Å². The van der Waals surface area contributed by atoms with E-state index >= 15 is 0 Å². The van der Waals surface area contributed by atoms with Gasteiger partial charge in [0.05, 0.1) is 28.4 Å². The fraction of sp³-hybridized carbons (Fsp3) is 0.387. The molecule has 0 radical (unpaired) electrons. The number of nitrogens with zero attached hydrogens (tertiary/aromatic N) is 6. The zero-order valence-corrected chi connectivity index (χ0v) is 26.5. The number of aryl methyl sites for hydroxylation is 1. The van der Waals surface area contributed by atoms with Crippen LogP contribution in [0.2, 0.25) is 5.02 Å². The number of hydrogen-bond acceptors (Lipinski definition) is 7. The van der Waals surface area contributed by atoms with E-state index in [9.17, 15) is 22.8 Å². The fourth-order valence-electron chi connectivity index (χ4n) is 5.74. The first-order chi connectivity index (χ1) is 21.4. The van der Waals surface area contributed by atoms with Crippen molar-refractivity contribution in [3.63, 3.8) is 0 Å². The number of aromatic nitrogens is 6. The summed E-state index contributed by atoms with van der Waals surface area (Å²) in [4.78, 5) is 42.4. The molecule has 0 saturated heterocycles. The Morgan fingerprint density at radius 1 is 1.09 bits per heavy atom. The van der Waals surface area contributed by atoms with Crippen LogP contribution >= 0.6 is 11.6 Å². The average Bonchev–Trinajstić information content (AvgIpc) is 3.62. The summed E-state index contributed by atoms with van der Waals surface area (Å²) < 4.78 is 32.6. The van der Waals surface area contributed by atoms with Crippen molar-refractivity contribution in [2.24, 2.45) is 20.0 Å². The normalized spacial score (nSPS) is 13.7. The number of benzene rings is 1. The van der Waals surface area contributed by atoms with Gasteiger partial charge in [-0.15, -0.1) is 0 Å². The molecule has 0 atom stereocenters. The molecule has 1 fully saturated rings. The van der Waals surface area contributed by atoms with Crippen molar-refractivity contribution in [1.29, 1.82) is 0 Å². The predicted octanol–water partition coefficient (Wildman–Crippen LogP) is 3.98. The maximum absolute atomic E-state index is 13.8. The van der Waals surface area contributed by atoms with Crippen molar-refractivity contribution in [1.82, 2.24) is 28.5 Å². The monoisotopic (exact) mass is 652 g/mol. The van der Waals surface area contributed by atoms with E-state index in [0.29, 0.717) is 48.1 Å². The van der Waals surface area contributed by atoms with Gasteiger partial charge in [-0.25, -0.2) is 13.2 Å². The zero-order chi connectivity index (χ0) is 32.0. The van der Waals surface area contributed by atoms with E-state index in [1.807, 2.05) is 18.2 Å². The van der Waals surface area contributed by atoms with Gasteiger partial charge in [-0.05, 0) is 67.5 Å². The minimum absolute atomic E-state index is 0.00760.